The van der Waals surface area contributed by atoms with Gasteiger partial charge in [0.1, 0.15) is 12.7 Å². The maximum Gasteiger partial charge on any atom is 0.244 e. The third kappa shape index (κ3) is 3.81. The second kappa shape index (κ2) is 7.12. The normalized spacial score (nSPS) is 21.3. The Kier molecular flexibility index (Phi) is 4.94. The molecule has 0 saturated carbocycles. The highest BCUT2D eigenvalue weighted by molar-refractivity contribution is 5.75. The fourth-order valence-corrected chi connectivity index (χ4v) is 3.14. The quantitative estimate of drug-likeness (QED) is 0.780. The molecule has 0 spiro atoms. The number of likely N-dealkylation sites (N-methyl/N-ethyl adjacent to an activating group) is 1. The summed E-state index contributed by atoms with van der Waals surface area (Å²) >= 11 is 0. The predicted octanol–water partition coefficient (Wildman–Crippen LogP) is 0.688. The number of aryl methyl sites for hydroxylation is 1. The van der Waals surface area contributed by atoms with Crippen LogP contribution in [0.3, 0.4) is 0 Å². The number of carbonyl (C=O) groups excluding carboxylic acids is 1. The molecule has 2 atom stereocenters. The molecule has 0 aromatic carbocycles. The number of halogens is 1. The van der Waals surface area contributed by atoms with E-state index in [1.807, 2.05) is 13.1 Å². The Morgan fingerprint density at radius 3 is 2.92 bits per heavy atom. The maximum atomic E-state index is 13.9. The largest absolute Gasteiger partial charge is 0.343 e. The van der Waals surface area contributed by atoms with Crippen molar-refractivity contribution in [1.82, 2.24) is 29.4 Å². The summed E-state index contributed by atoms with van der Waals surface area (Å²) < 4.78 is 17.3. The molecular weight excluding hydrogens is 311 g/mol. The topological polar surface area (TPSA) is 59.2 Å². The SMILES string of the molecule is CN(C[C@@H]1C[C@H](F)CN1Cc1ccnn1C)C(=O)Cn1cccn1. The smallest absolute Gasteiger partial charge is 0.244 e. The molecule has 3 heterocycles. The highest BCUT2D eigenvalue weighted by Crippen LogP contribution is 2.23. The lowest BCUT2D eigenvalue weighted by Gasteiger charge is -2.28. The second-order valence-corrected chi connectivity index (χ2v) is 6.34. The molecule has 2 aromatic heterocycles. The molecule has 0 bridgehead atoms. The standard InChI is InChI=1S/C16H23FN6O/c1-20(16(24)12-23-7-3-5-19-23)10-15-8-13(17)9-22(15)11-14-4-6-18-21(14)2/h3-7,13,15H,8-12H2,1-2H3/t13-,15-/m0/s1. The van der Waals surface area contributed by atoms with Gasteiger partial charge >= 0.3 is 0 Å². The molecule has 7 nitrogen and oxygen atoms in total. The van der Waals surface area contributed by atoms with Crippen molar-refractivity contribution in [1.29, 1.82) is 0 Å². The van der Waals surface area contributed by atoms with Gasteiger partial charge in [-0.15, -0.1) is 0 Å². The fraction of sp³-hybridized carbons (Fsp3) is 0.562. The number of rotatable bonds is 6. The van der Waals surface area contributed by atoms with Gasteiger partial charge in [-0.2, -0.15) is 10.2 Å². The Bertz CT molecular complexity index is 670. The summed E-state index contributed by atoms with van der Waals surface area (Å²) in [6, 6.07) is 3.74. The van der Waals surface area contributed by atoms with Gasteiger partial charge in [0.25, 0.3) is 0 Å². The molecule has 0 unspecified atom stereocenters. The number of likely N-dealkylation sites (tertiary alicyclic amines) is 1. The van der Waals surface area contributed by atoms with E-state index < -0.39 is 6.17 Å². The number of hydrogen-bond donors (Lipinski definition) is 0. The highest BCUT2D eigenvalue weighted by Gasteiger charge is 2.33. The molecule has 0 N–H and O–H groups in total. The average molecular weight is 334 g/mol. The van der Waals surface area contributed by atoms with Crippen LogP contribution in [0, 0.1) is 0 Å². The summed E-state index contributed by atoms with van der Waals surface area (Å²) in [6.07, 6.45) is 4.75. The van der Waals surface area contributed by atoms with E-state index in [0.29, 0.717) is 26.1 Å². The molecule has 24 heavy (non-hydrogen) atoms. The van der Waals surface area contributed by atoms with Crippen LogP contribution in [0.5, 0.6) is 0 Å². The summed E-state index contributed by atoms with van der Waals surface area (Å²) in [6.45, 7) is 1.76. The minimum absolute atomic E-state index is 0.0153. The van der Waals surface area contributed by atoms with E-state index >= 15 is 0 Å². The number of aromatic nitrogens is 4. The van der Waals surface area contributed by atoms with Gasteiger partial charge in [0.15, 0.2) is 0 Å². The molecule has 8 heteroatoms. The van der Waals surface area contributed by atoms with Crippen molar-refractivity contribution in [3.05, 3.63) is 36.4 Å². The Morgan fingerprint density at radius 2 is 2.25 bits per heavy atom. The van der Waals surface area contributed by atoms with Gasteiger partial charge in [0, 0.05) is 58.4 Å². The third-order valence-electron chi connectivity index (χ3n) is 4.53. The van der Waals surface area contributed by atoms with Crippen LogP contribution in [-0.2, 0) is 24.9 Å². The molecule has 1 aliphatic heterocycles. The van der Waals surface area contributed by atoms with Crippen molar-refractivity contribution in [2.75, 3.05) is 20.1 Å². The van der Waals surface area contributed by atoms with Gasteiger partial charge in [-0.25, -0.2) is 4.39 Å². The summed E-state index contributed by atoms with van der Waals surface area (Å²) in [5.41, 5.74) is 1.04. The molecule has 3 rings (SSSR count). The van der Waals surface area contributed by atoms with Crippen LogP contribution < -0.4 is 0 Å². The van der Waals surface area contributed by atoms with E-state index in [4.69, 9.17) is 0 Å². The molecule has 1 aliphatic rings. The van der Waals surface area contributed by atoms with Crippen molar-refractivity contribution in [3.8, 4) is 0 Å². The molecular formula is C16H23FN6O. The highest BCUT2D eigenvalue weighted by atomic mass is 19.1. The van der Waals surface area contributed by atoms with Crippen LogP contribution >= 0.6 is 0 Å². The van der Waals surface area contributed by atoms with Crippen LogP contribution in [0.15, 0.2) is 30.7 Å². The first-order valence-corrected chi connectivity index (χ1v) is 8.09. The molecule has 1 saturated heterocycles. The Morgan fingerprint density at radius 1 is 1.42 bits per heavy atom. The lowest BCUT2D eigenvalue weighted by molar-refractivity contribution is -0.131. The van der Waals surface area contributed by atoms with E-state index in [9.17, 15) is 9.18 Å². The maximum absolute atomic E-state index is 13.9. The number of alkyl halides is 1. The van der Waals surface area contributed by atoms with Crippen LogP contribution in [0.25, 0.3) is 0 Å². The van der Waals surface area contributed by atoms with Gasteiger partial charge in [0.2, 0.25) is 5.91 Å². The number of hydrogen-bond acceptors (Lipinski definition) is 4. The Balaban J connectivity index is 1.59. The third-order valence-corrected chi connectivity index (χ3v) is 4.53. The predicted molar refractivity (Wildman–Crippen MR) is 86.8 cm³/mol. The second-order valence-electron chi connectivity index (χ2n) is 6.34. The van der Waals surface area contributed by atoms with Crippen LogP contribution in [0.1, 0.15) is 12.1 Å². The van der Waals surface area contributed by atoms with E-state index in [2.05, 4.69) is 15.1 Å². The number of amides is 1. The van der Waals surface area contributed by atoms with E-state index in [0.717, 1.165) is 5.69 Å². The van der Waals surface area contributed by atoms with Crippen LogP contribution in [0.2, 0.25) is 0 Å². The molecule has 0 aliphatic carbocycles. The molecule has 1 fully saturated rings. The first kappa shape index (κ1) is 16.6. The van der Waals surface area contributed by atoms with Crippen molar-refractivity contribution in [2.45, 2.75) is 31.7 Å². The molecule has 130 valence electrons. The average Bonchev–Trinajstić information content (AvgIpc) is 3.24. The lowest BCUT2D eigenvalue weighted by Crippen LogP contribution is -2.42. The van der Waals surface area contributed by atoms with Gasteiger partial charge in [-0.1, -0.05) is 0 Å². The fourth-order valence-electron chi connectivity index (χ4n) is 3.14. The summed E-state index contributed by atoms with van der Waals surface area (Å²) in [4.78, 5) is 16.1. The van der Waals surface area contributed by atoms with Crippen molar-refractivity contribution >= 4 is 5.91 Å². The number of nitrogens with zero attached hydrogens (tertiary/aromatic N) is 6. The van der Waals surface area contributed by atoms with Gasteiger partial charge in [-0.3, -0.25) is 19.1 Å². The van der Waals surface area contributed by atoms with Crippen molar-refractivity contribution in [2.24, 2.45) is 7.05 Å². The van der Waals surface area contributed by atoms with E-state index in [-0.39, 0.29) is 18.5 Å². The lowest BCUT2D eigenvalue weighted by atomic mass is 10.2. The minimum Gasteiger partial charge on any atom is -0.343 e. The Hall–Kier alpha value is -2.22. The van der Waals surface area contributed by atoms with Gasteiger partial charge in [-0.05, 0) is 18.6 Å². The Labute approximate surface area is 140 Å². The van der Waals surface area contributed by atoms with Gasteiger partial charge in [0.05, 0.1) is 5.69 Å². The van der Waals surface area contributed by atoms with Crippen LogP contribution in [-0.4, -0.2) is 67.6 Å². The first-order chi connectivity index (χ1) is 11.5. The first-order valence-electron chi connectivity index (χ1n) is 8.09. The zero-order chi connectivity index (χ0) is 17.1. The zero-order valence-electron chi connectivity index (χ0n) is 14.0. The van der Waals surface area contributed by atoms with E-state index in [1.165, 1.54) is 0 Å². The molecule has 0 radical (unpaired) electrons. The summed E-state index contributed by atoms with van der Waals surface area (Å²) in [5, 5.41) is 8.20. The summed E-state index contributed by atoms with van der Waals surface area (Å²) in [5.74, 6) is -0.0264. The van der Waals surface area contributed by atoms with Crippen molar-refractivity contribution < 1.29 is 9.18 Å². The van der Waals surface area contributed by atoms with Crippen LogP contribution in [0.4, 0.5) is 4.39 Å². The molecule has 2 aromatic rings. The van der Waals surface area contributed by atoms with Crippen molar-refractivity contribution in [3.63, 3.8) is 0 Å². The minimum atomic E-state index is -0.849. The monoisotopic (exact) mass is 334 g/mol. The van der Waals surface area contributed by atoms with Gasteiger partial charge < -0.3 is 4.90 Å². The zero-order valence-corrected chi connectivity index (χ0v) is 14.0. The van der Waals surface area contributed by atoms with E-state index in [1.54, 1.807) is 46.0 Å². The summed E-state index contributed by atoms with van der Waals surface area (Å²) in [7, 11) is 3.65. The molecule has 1 amide bonds. The number of carbonyl (C=O) groups is 1.